The standard InChI is InChI=1S/C14H15N3O3/c18-13-11-5-1-2-6-12(11)15-9-17(13)10-4-3-7-16(8-10)14(19)20/h1-2,5-6,9-10H,3-4,7-8H2,(H,19,20). The minimum atomic E-state index is -0.934. The molecular formula is C14H15N3O3. The fraction of sp³-hybridized carbons (Fsp3) is 0.357. The molecule has 20 heavy (non-hydrogen) atoms. The number of amides is 1. The van der Waals surface area contributed by atoms with Gasteiger partial charge in [0.1, 0.15) is 0 Å². The van der Waals surface area contributed by atoms with Gasteiger partial charge in [-0.25, -0.2) is 9.78 Å². The van der Waals surface area contributed by atoms with E-state index in [0.29, 0.717) is 24.0 Å². The van der Waals surface area contributed by atoms with E-state index in [0.717, 1.165) is 12.8 Å². The van der Waals surface area contributed by atoms with Crippen molar-refractivity contribution in [2.75, 3.05) is 13.1 Å². The van der Waals surface area contributed by atoms with Gasteiger partial charge in [-0.2, -0.15) is 0 Å². The predicted octanol–water partition coefficient (Wildman–Crippen LogP) is 1.71. The van der Waals surface area contributed by atoms with Crippen molar-refractivity contribution in [1.82, 2.24) is 14.5 Å². The predicted molar refractivity (Wildman–Crippen MR) is 73.9 cm³/mol. The minimum absolute atomic E-state index is 0.104. The number of piperidine rings is 1. The van der Waals surface area contributed by atoms with Crippen LogP contribution in [0.15, 0.2) is 35.4 Å². The Labute approximate surface area is 115 Å². The monoisotopic (exact) mass is 273 g/mol. The highest BCUT2D eigenvalue weighted by molar-refractivity contribution is 5.76. The molecule has 3 rings (SSSR count). The molecule has 1 fully saturated rings. The SMILES string of the molecule is O=C(O)N1CCCC(n2cnc3ccccc3c2=O)C1. The molecule has 1 aliphatic rings. The van der Waals surface area contributed by atoms with Crippen LogP contribution in [0.4, 0.5) is 4.79 Å². The number of hydrogen-bond acceptors (Lipinski definition) is 3. The second kappa shape index (κ2) is 4.96. The maximum atomic E-state index is 12.5. The third-order valence-electron chi connectivity index (χ3n) is 3.75. The topological polar surface area (TPSA) is 75.4 Å². The van der Waals surface area contributed by atoms with Crippen molar-refractivity contribution in [3.05, 3.63) is 40.9 Å². The molecule has 1 saturated heterocycles. The number of carboxylic acid groups (broad SMARTS) is 1. The number of carbonyl (C=O) groups is 1. The maximum absolute atomic E-state index is 12.5. The average Bonchev–Trinajstić information content (AvgIpc) is 2.48. The van der Waals surface area contributed by atoms with Gasteiger partial charge in [-0.05, 0) is 25.0 Å². The van der Waals surface area contributed by atoms with Crippen LogP contribution in [0.2, 0.25) is 0 Å². The van der Waals surface area contributed by atoms with Crippen LogP contribution in [0.5, 0.6) is 0 Å². The fourth-order valence-corrected chi connectivity index (χ4v) is 2.70. The Kier molecular flexibility index (Phi) is 3.14. The summed E-state index contributed by atoms with van der Waals surface area (Å²) in [5.74, 6) is 0. The smallest absolute Gasteiger partial charge is 0.407 e. The Bertz CT molecular complexity index is 710. The molecule has 2 aromatic rings. The van der Waals surface area contributed by atoms with Crippen molar-refractivity contribution in [2.24, 2.45) is 0 Å². The van der Waals surface area contributed by atoms with Crippen molar-refractivity contribution in [3.8, 4) is 0 Å². The lowest BCUT2D eigenvalue weighted by atomic mass is 10.1. The van der Waals surface area contributed by atoms with Crippen LogP contribution in [0.25, 0.3) is 10.9 Å². The van der Waals surface area contributed by atoms with Crippen LogP contribution in [-0.2, 0) is 0 Å². The quantitative estimate of drug-likeness (QED) is 0.858. The van der Waals surface area contributed by atoms with Gasteiger partial charge in [0.05, 0.1) is 23.3 Å². The summed E-state index contributed by atoms with van der Waals surface area (Å²) in [5.41, 5.74) is 0.562. The molecule has 104 valence electrons. The molecule has 6 heteroatoms. The van der Waals surface area contributed by atoms with Crippen molar-refractivity contribution in [2.45, 2.75) is 18.9 Å². The van der Waals surface area contributed by atoms with E-state index in [1.807, 2.05) is 6.07 Å². The Balaban J connectivity index is 2.00. The molecule has 1 aromatic heterocycles. The van der Waals surface area contributed by atoms with E-state index in [-0.39, 0.29) is 11.6 Å². The zero-order valence-corrected chi connectivity index (χ0v) is 10.9. The lowest BCUT2D eigenvalue weighted by Crippen LogP contribution is -2.42. The van der Waals surface area contributed by atoms with E-state index in [4.69, 9.17) is 5.11 Å². The van der Waals surface area contributed by atoms with Crippen LogP contribution in [0, 0.1) is 0 Å². The Morgan fingerprint density at radius 3 is 2.95 bits per heavy atom. The van der Waals surface area contributed by atoms with Crippen LogP contribution in [-0.4, -0.2) is 38.7 Å². The molecule has 1 atom stereocenters. The maximum Gasteiger partial charge on any atom is 0.407 e. The van der Waals surface area contributed by atoms with Crippen LogP contribution in [0.3, 0.4) is 0 Å². The summed E-state index contributed by atoms with van der Waals surface area (Å²) in [4.78, 5) is 29.2. The van der Waals surface area contributed by atoms with E-state index in [9.17, 15) is 9.59 Å². The van der Waals surface area contributed by atoms with Gasteiger partial charge >= 0.3 is 6.09 Å². The number of para-hydroxylation sites is 1. The highest BCUT2D eigenvalue weighted by atomic mass is 16.4. The van der Waals surface area contributed by atoms with E-state index in [1.165, 1.54) is 11.2 Å². The first-order valence-corrected chi connectivity index (χ1v) is 6.60. The first-order chi connectivity index (χ1) is 9.66. The second-order valence-corrected chi connectivity index (χ2v) is 5.00. The second-order valence-electron chi connectivity index (χ2n) is 5.00. The molecule has 1 aliphatic heterocycles. The highest BCUT2D eigenvalue weighted by Crippen LogP contribution is 2.20. The lowest BCUT2D eigenvalue weighted by Gasteiger charge is -2.31. The summed E-state index contributed by atoms with van der Waals surface area (Å²) in [5, 5.41) is 9.64. The van der Waals surface area contributed by atoms with Crippen molar-refractivity contribution in [1.29, 1.82) is 0 Å². The summed E-state index contributed by atoms with van der Waals surface area (Å²) in [7, 11) is 0. The summed E-state index contributed by atoms with van der Waals surface area (Å²) < 4.78 is 1.57. The first kappa shape index (κ1) is 12.7. The first-order valence-electron chi connectivity index (χ1n) is 6.60. The molecule has 1 unspecified atom stereocenters. The Hall–Kier alpha value is -2.37. The number of nitrogens with zero attached hydrogens (tertiary/aromatic N) is 3. The van der Waals surface area contributed by atoms with Gasteiger partial charge in [-0.15, -0.1) is 0 Å². The average molecular weight is 273 g/mol. The molecule has 1 N–H and O–H groups in total. The van der Waals surface area contributed by atoms with E-state index >= 15 is 0 Å². The fourth-order valence-electron chi connectivity index (χ4n) is 2.70. The van der Waals surface area contributed by atoms with Crippen LogP contribution < -0.4 is 5.56 Å². The van der Waals surface area contributed by atoms with Gasteiger partial charge in [0.15, 0.2) is 0 Å². The number of benzene rings is 1. The molecule has 1 amide bonds. The van der Waals surface area contributed by atoms with E-state index in [1.54, 1.807) is 22.8 Å². The molecule has 0 radical (unpaired) electrons. The third-order valence-corrected chi connectivity index (χ3v) is 3.75. The molecule has 0 spiro atoms. The zero-order valence-electron chi connectivity index (χ0n) is 10.9. The molecule has 6 nitrogen and oxygen atoms in total. The van der Waals surface area contributed by atoms with E-state index in [2.05, 4.69) is 4.98 Å². The van der Waals surface area contributed by atoms with Crippen molar-refractivity contribution >= 4 is 17.0 Å². The molecule has 1 aromatic carbocycles. The highest BCUT2D eigenvalue weighted by Gasteiger charge is 2.25. The van der Waals surface area contributed by atoms with Crippen LogP contribution >= 0.6 is 0 Å². The number of rotatable bonds is 1. The largest absolute Gasteiger partial charge is 0.465 e. The van der Waals surface area contributed by atoms with Gasteiger partial charge < -0.3 is 10.0 Å². The third kappa shape index (κ3) is 2.13. The number of aromatic nitrogens is 2. The van der Waals surface area contributed by atoms with Gasteiger partial charge in [0, 0.05) is 13.1 Å². The number of fused-ring (bicyclic) bond motifs is 1. The van der Waals surface area contributed by atoms with Crippen molar-refractivity contribution < 1.29 is 9.90 Å². The van der Waals surface area contributed by atoms with Crippen molar-refractivity contribution in [3.63, 3.8) is 0 Å². The molecule has 0 bridgehead atoms. The number of hydrogen-bond donors (Lipinski definition) is 1. The Morgan fingerprint density at radius 2 is 2.15 bits per heavy atom. The zero-order chi connectivity index (χ0) is 14.1. The molecular weight excluding hydrogens is 258 g/mol. The molecule has 0 aliphatic carbocycles. The van der Waals surface area contributed by atoms with Crippen LogP contribution in [0.1, 0.15) is 18.9 Å². The Morgan fingerprint density at radius 1 is 1.35 bits per heavy atom. The summed E-state index contributed by atoms with van der Waals surface area (Å²) >= 11 is 0. The summed E-state index contributed by atoms with van der Waals surface area (Å²) in [6.45, 7) is 0.872. The minimum Gasteiger partial charge on any atom is -0.465 e. The molecule has 2 heterocycles. The lowest BCUT2D eigenvalue weighted by molar-refractivity contribution is 0.121. The van der Waals surface area contributed by atoms with Gasteiger partial charge in [0.25, 0.3) is 5.56 Å². The number of likely N-dealkylation sites (tertiary alicyclic amines) is 1. The van der Waals surface area contributed by atoms with Gasteiger partial charge in [0.2, 0.25) is 0 Å². The van der Waals surface area contributed by atoms with E-state index < -0.39 is 6.09 Å². The van der Waals surface area contributed by atoms with Gasteiger partial charge in [-0.1, -0.05) is 12.1 Å². The molecule has 0 saturated carbocycles. The summed E-state index contributed by atoms with van der Waals surface area (Å²) in [6.07, 6.45) is 2.15. The normalized spacial score (nSPS) is 19.2. The van der Waals surface area contributed by atoms with Gasteiger partial charge in [-0.3, -0.25) is 9.36 Å². The summed E-state index contributed by atoms with van der Waals surface area (Å²) in [6, 6.07) is 7.06.